The topological polar surface area (TPSA) is 81.4 Å². The van der Waals surface area contributed by atoms with E-state index in [9.17, 15) is 13.5 Å². The normalized spacial score (nSPS) is 17.3. The smallest absolute Gasteiger partial charge is 0.216 e. The highest BCUT2D eigenvalue weighted by atomic mass is 32.2. The number of hydrogen-bond acceptors (Lipinski definition) is 6. The Kier molecular flexibility index (Phi) is 6.02. The van der Waals surface area contributed by atoms with Gasteiger partial charge in [-0.1, -0.05) is 20.8 Å². The van der Waals surface area contributed by atoms with Crippen LogP contribution in [0.2, 0.25) is 0 Å². The van der Waals surface area contributed by atoms with Gasteiger partial charge in [-0.05, 0) is 56.0 Å². The van der Waals surface area contributed by atoms with Gasteiger partial charge >= 0.3 is 0 Å². The number of sulfone groups is 1. The first-order valence-corrected chi connectivity index (χ1v) is 13.0. The largest absolute Gasteiger partial charge is 0.388 e. The lowest BCUT2D eigenvalue weighted by Gasteiger charge is -2.26. The van der Waals surface area contributed by atoms with Gasteiger partial charge in [0.25, 0.3) is 0 Å². The van der Waals surface area contributed by atoms with Crippen LogP contribution in [0.5, 0.6) is 0 Å². The van der Waals surface area contributed by atoms with Crippen molar-refractivity contribution in [3.8, 4) is 0 Å². The molecule has 0 saturated carbocycles. The van der Waals surface area contributed by atoms with Crippen LogP contribution in [0.4, 0.5) is 0 Å². The molecule has 0 amide bonds. The molecule has 1 aromatic carbocycles. The van der Waals surface area contributed by atoms with Crippen LogP contribution in [0.3, 0.4) is 0 Å². The number of hydrogen-bond donors (Lipinski definition) is 1. The first-order valence-electron chi connectivity index (χ1n) is 10.7. The summed E-state index contributed by atoms with van der Waals surface area (Å²) in [6, 6.07) is 8.47. The van der Waals surface area contributed by atoms with E-state index in [-0.39, 0.29) is 14.5 Å². The summed E-state index contributed by atoms with van der Waals surface area (Å²) in [6.07, 6.45) is 1.37. The Hall–Kier alpha value is -1.74. The number of aliphatic hydroxyl groups is 1. The molecule has 6 nitrogen and oxygen atoms in total. The third kappa shape index (κ3) is 4.44. The zero-order valence-corrected chi connectivity index (χ0v) is 20.1. The molecule has 3 aromatic rings. The van der Waals surface area contributed by atoms with Crippen molar-refractivity contribution >= 4 is 32.2 Å². The summed E-state index contributed by atoms with van der Waals surface area (Å²) in [5, 5.41) is 9.75. The summed E-state index contributed by atoms with van der Waals surface area (Å²) in [5.74, 6) is 1.50. The standard InChI is InChI=1S/C23H30N2O4S2/c1-15(26)20-7-8-21(30-20)31(27,28)17-5-6-19-18(13-17)24-22(23(2,3)4)25(19)14-16-9-11-29-12-10-16/h5-8,13,15-16,26H,9-12,14H2,1-4H3. The predicted octanol–water partition coefficient (Wildman–Crippen LogP) is 4.71. The van der Waals surface area contributed by atoms with Crippen LogP contribution < -0.4 is 0 Å². The summed E-state index contributed by atoms with van der Waals surface area (Å²) >= 11 is 1.11. The van der Waals surface area contributed by atoms with Gasteiger partial charge < -0.3 is 14.4 Å². The highest BCUT2D eigenvalue weighted by molar-refractivity contribution is 7.93. The molecule has 1 N–H and O–H groups in total. The molecule has 8 heteroatoms. The first-order chi connectivity index (χ1) is 14.6. The molecule has 168 valence electrons. The monoisotopic (exact) mass is 462 g/mol. The molecule has 1 atom stereocenters. The summed E-state index contributed by atoms with van der Waals surface area (Å²) in [7, 11) is -3.67. The van der Waals surface area contributed by atoms with Gasteiger partial charge in [0.2, 0.25) is 9.84 Å². The average Bonchev–Trinajstić information content (AvgIpc) is 3.34. The van der Waals surface area contributed by atoms with Gasteiger partial charge in [-0.15, -0.1) is 11.3 Å². The maximum absolute atomic E-state index is 13.2. The van der Waals surface area contributed by atoms with Gasteiger partial charge in [-0.25, -0.2) is 13.4 Å². The van der Waals surface area contributed by atoms with Crippen molar-refractivity contribution in [2.24, 2.45) is 5.92 Å². The summed E-state index contributed by atoms with van der Waals surface area (Å²) < 4.78 is 34.4. The number of fused-ring (bicyclic) bond motifs is 1. The molecule has 1 fully saturated rings. The first kappa shape index (κ1) is 22.5. The fourth-order valence-corrected chi connectivity index (χ4v) is 6.73. The van der Waals surface area contributed by atoms with Crippen molar-refractivity contribution in [1.29, 1.82) is 0 Å². The molecular formula is C23H30N2O4S2. The average molecular weight is 463 g/mol. The van der Waals surface area contributed by atoms with Gasteiger partial charge in [-0.2, -0.15) is 0 Å². The molecule has 0 spiro atoms. The Labute approximate surface area is 187 Å². The summed E-state index contributed by atoms with van der Waals surface area (Å²) in [5.41, 5.74) is 1.50. The molecule has 4 rings (SSSR count). The molecule has 3 heterocycles. The Morgan fingerprint density at radius 3 is 2.55 bits per heavy atom. The summed E-state index contributed by atoms with van der Waals surface area (Å²) in [6.45, 7) is 10.5. The lowest BCUT2D eigenvalue weighted by Crippen LogP contribution is -2.25. The Bertz CT molecular complexity index is 1180. The SMILES string of the molecule is CC(O)c1ccc(S(=O)(=O)c2ccc3c(c2)nc(C(C)(C)C)n3CC2CCOCC2)s1. The van der Waals surface area contributed by atoms with E-state index in [2.05, 4.69) is 25.3 Å². The number of nitrogens with zero attached hydrogens (tertiary/aromatic N) is 2. The third-order valence-corrected chi connectivity index (χ3v) is 9.26. The van der Waals surface area contributed by atoms with Crippen molar-refractivity contribution < 1.29 is 18.3 Å². The van der Waals surface area contributed by atoms with Crippen LogP contribution in [0.25, 0.3) is 11.0 Å². The molecule has 1 saturated heterocycles. The van der Waals surface area contributed by atoms with E-state index in [0.29, 0.717) is 16.3 Å². The van der Waals surface area contributed by atoms with Crippen molar-refractivity contribution in [2.45, 2.75) is 67.7 Å². The Morgan fingerprint density at radius 2 is 1.94 bits per heavy atom. The van der Waals surface area contributed by atoms with E-state index in [4.69, 9.17) is 9.72 Å². The van der Waals surface area contributed by atoms with Crippen LogP contribution in [0.15, 0.2) is 39.4 Å². The number of aromatic nitrogens is 2. The quantitative estimate of drug-likeness (QED) is 0.594. The molecular weight excluding hydrogens is 432 g/mol. The van der Waals surface area contributed by atoms with Gasteiger partial charge in [0, 0.05) is 30.1 Å². The number of benzene rings is 1. The van der Waals surface area contributed by atoms with Gasteiger partial charge in [-0.3, -0.25) is 0 Å². The zero-order valence-electron chi connectivity index (χ0n) is 18.5. The maximum atomic E-state index is 13.2. The van der Waals surface area contributed by atoms with Crippen molar-refractivity contribution in [3.63, 3.8) is 0 Å². The fraction of sp³-hybridized carbons (Fsp3) is 0.522. The second kappa shape index (κ2) is 8.31. The third-order valence-electron chi connectivity index (χ3n) is 5.76. The minimum atomic E-state index is -3.67. The minimum Gasteiger partial charge on any atom is -0.388 e. The molecule has 0 bridgehead atoms. The van der Waals surface area contributed by atoms with Gasteiger partial charge in [0.15, 0.2) is 0 Å². The lowest BCUT2D eigenvalue weighted by atomic mass is 9.94. The van der Waals surface area contributed by atoms with Crippen molar-refractivity contribution in [1.82, 2.24) is 9.55 Å². The van der Waals surface area contributed by atoms with E-state index >= 15 is 0 Å². The van der Waals surface area contributed by atoms with Crippen LogP contribution in [-0.4, -0.2) is 36.3 Å². The van der Waals surface area contributed by atoms with Crippen LogP contribution in [0, 0.1) is 5.92 Å². The van der Waals surface area contributed by atoms with E-state index in [1.54, 1.807) is 31.2 Å². The van der Waals surface area contributed by atoms with Crippen molar-refractivity contribution in [2.75, 3.05) is 13.2 Å². The number of rotatable bonds is 5. The lowest BCUT2D eigenvalue weighted by molar-refractivity contribution is 0.0611. The number of thiophene rings is 1. The van der Waals surface area contributed by atoms with Gasteiger partial charge in [0.05, 0.1) is 22.0 Å². The number of aliphatic hydroxyl groups excluding tert-OH is 1. The molecule has 1 aliphatic heterocycles. The highest BCUT2D eigenvalue weighted by Crippen LogP contribution is 2.34. The molecule has 0 radical (unpaired) electrons. The second-order valence-electron chi connectivity index (χ2n) is 9.34. The van der Waals surface area contributed by atoms with Crippen molar-refractivity contribution in [3.05, 3.63) is 41.0 Å². The van der Waals surface area contributed by atoms with E-state index in [0.717, 1.165) is 55.3 Å². The fourth-order valence-electron chi connectivity index (χ4n) is 4.04. The number of imidazole rings is 1. The zero-order chi connectivity index (χ0) is 22.4. The van der Waals surface area contributed by atoms with E-state index in [1.807, 2.05) is 6.07 Å². The predicted molar refractivity (Wildman–Crippen MR) is 122 cm³/mol. The molecule has 0 aliphatic carbocycles. The number of ether oxygens (including phenoxy) is 1. The molecule has 31 heavy (non-hydrogen) atoms. The van der Waals surface area contributed by atoms with E-state index < -0.39 is 15.9 Å². The van der Waals surface area contributed by atoms with Crippen LogP contribution in [-0.2, 0) is 26.5 Å². The van der Waals surface area contributed by atoms with Gasteiger partial charge in [0.1, 0.15) is 10.0 Å². The van der Waals surface area contributed by atoms with E-state index in [1.165, 1.54) is 0 Å². The Morgan fingerprint density at radius 1 is 1.23 bits per heavy atom. The molecule has 2 aromatic heterocycles. The second-order valence-corrected chi connectivity index (χ2v) is 12.6. The van der Waals surface area contributed by atoms with Crippen LogP contribution >= 0.6 is 11.3 Å². The minimum absolute atomic E-state index is 0.164. The van der Waals surface area contributed by atoms with Crippen LogP contribution in [0.1, 0.15) is 57.3 Å². The highest BCUT2D eigenvalue weighted by Gasteiger charge is 2.27. The summed E-state index contributed by atoms with van der Waals surface area (Å²) in [4.78, 5) is 5.75. The molecule has 1 unspecified atom stereocenters. The molecule has 1 aliphatic rings. The maximum Gasteiger partial charge on any atom is 0.216 e. The Balaban J connectivity index is 1.76.